The molecule has 0 aliphatic heterocycles. The Labute approximate surface area is 279 Å². The molecule has 0 heterocycles. The van der Waals surface area contributed by atoms with Gasteiger partial charge in [0.15, 0.2) is 11.6 Å². The first-order chi connectivity index (χ1) is 22.9. The van der Waals surface area contributed by atoms with Crippen LogP contribution >= 0.6 is 0 Å². The zero-order valence-corrected chi connectivity index (χ0v) is 27.5. The van der Waals surface area contributed by atoms with Crippen molar-refractivity contribution in [1.29, 1.82) is 0 Å². The van der Waals surface area contributed by atoms with E-state index in [1.165, 1.54) is 12.1 Å². The Morgan fingerprint density at radius 1 is 0.646 bits per heavy atom. The summed E-state index contributed by atoms with van der Waals surface area (Å²) in [5.74, 6) is -1.65. The SMILES string of the molecule is CCC/C=C\C=C/CC(=O)c1ccc(COc2cc(S(=O)(=O)[O-])c(OCc3ccc(C(=O)c4ccccc4)cc3)cc2S(=O)(=O)[O-])cc1. The van der Waals surface area contributed by atoms with E-state index < -0.39 is 41.5 Å². The van der Waals surface area contributed by atoms with Gasteiger partial charge in [0, 0.05) is 35.2 Å². The summed E-state index contributed by atoms with van der Waals surface area (Å²) in [5.41, 5.74) is 2.24. The van der Waals surface area contributed by atoms with Gasteiger partial charge in [-0.3, -0.25) is 9.59 Å². The number of hydrogen-bond acceptors (Lipinski definition) is 10. The lowest BCUT2D eigenvalue weighted by molar-refractivity contribution is 0.0994. The van der Waals surface area contributed by atoms with Gasteiger partial charge in [0.2, 0.25) is 0 Å². The fourth-order valence-electron chi connectivity index (χ4n) is 4.47. The molecular weight excluding hydrogens is 657 g/mol. The lowest BCUT2D eigenvalue weighted by Crippen LogP contribution is -2.10. The zero-order chi connectivity index (χ0) is 34.7. The van der Waals surface area contributed by atoms with Crippen LogP contribution in [-0.4, -0.2) is 37.5 Å². The molecule has 48 heavy (non-hydrogen) atoms. The van der Waals surface area contributed by atoms with Gasteiger partial charge >= 0.3 is 0 Å². The van der Waals surface area contributed by atoms with Gasteiger partial charge < -0.3 is 18.6 Å². The summed E-state index contributed by atoms with van der Waals surface area (Å²) >= 11 is 0. The van der Waals surface area contributed by atoms with Crippen LogP contribution in [0.4, 0.5) is 0 Å². The van der Waals surface area contributed by atoms with Gasteiger partial charge in [0.05, 0.1) is 0 Å². The van der Waals surface area contributed by atoms with Gasteiger partial charge in [-0.2, -0.15) is 0 Å². The van der Waals surface area contributed by atoms with Crippen molar-refractivity contribution in [3.05, 3.63) is 143 Å². The Kier molecular flexibility index (Phi) is 12.2. The first-order valence-corrected chi connectivity index (χ1v) is 17.7. The highest BCUT2D eigenvalue weighted by Crippen LogP contribution is 2.36. The number of rotatable bonds is 16. The van der Waals surface area contributed by atoms with Crippen molar-refractivity contribution in [2.45, 2.75) is 49.2 Å². The molecule has 0 radical (unpaired) electrons. The summed E-state index contributed by atoms with van der Waals surface area (Å²) < 4.78 is 83.9. The van der Waals surface area contributed by atoms with Gasteiger partial charge in [-0.25, -0.2) is 16.8 Å². The number of Topliss-reactive ketones (excluding diaryl/α,β-unsaturated/α-hetero) is 1. The maximum absolute atomic E-state index is 12.7. The number of carbonyl (C=O) groups is 2. The number of carbonyl (C=O) groups excluding carboxylic acids is 2. The highest BCUT2D eigenvalue weighted by Gasteiger charge is 2.21. The van der Waals surface area contributed by atoms with Crippen LogP contribution in [0.3, 0.4) is 0 Å². The molecule has 0 aliphatic rings. The molecule has 0 amide bonds. The molecule has 0 saturated heterocycles. The van der Waals surface area contributed by atoms with Crippen LogP contribution in [0.5, 0.6) is 11.5 Å². The summed E-state index contributed by atoms with van der Waals surface area (Å²) in [6, 6.07) is 22.3. The number of hydrogen-bond donors (Lipinski definition) is 0. The molecule has 0 bridgehead atoms. The predicted octanol–water partition coefficient (Wildman–Crippen LogP) is 6.37. The Morgan fingerprint density at radius 2 is 1.10 bits per heavy atom. The Morgan fingerprint density at radius 3 is 1.58 bits per heavy atom. The van der Waals surface area contributed by atoms with Crippen molar-refractivity contribution in [2.24, 2.45) is 0 Å². The van der Waals surface area contributed by atoms with Crippen molar-refractivity contribution >= 4 is 31.8 Å². The third kappa shape index (κ3) is 10.1. The zero-order valence-electron chi connectivity index (χ0n) is 25.9. The summed E-state index contributed by atoms with van der Waals surface area (Å²) in [6.45, 7) is 1.43. The molecule has 0 aromatic heterocycles. The van der Waals surface area contributed by atoms with Gasteiger partial charge in [0.1, 0.15) is 54.7 Å². The Hall–Kier alpha value is -4.88. The van der Waals surface area contributed by atoms with Gasteiger partial charge in [-0.1, -0.05) is 117 Å². The van der Waals surface area contributed by atoms with Crippen LogP contribution in [0.1, 0.15) is 63.6 Å². The molecule has 10 nitrogen and oxygen atoms in total. The molecular formula is C36H32O10S2-2. The molecule has 0 saturated carbocycles. The average molecular weight is 689 g/mol. The fourth-order valence-corrected chi connectivity index (χ4v) is 5.70. The topological polar surface area (TPSA) is 167 Å². The van der Waals surface area contributed by atoms with E-state index in [9.17, 15) is 35.5 Å². The van der Waals surface area contributed by atoms with Crippen LogP contribution in [0.25, 0.3) is 0 Å². The number of unbranched alkanes of at least 4 members (excludes halogenated alkanes) is 1. The Bertz CT molecular complexity index is 2020. The summed E-state index contributed by atoms with van der Waals surface area (Å²) in [4.78, 5) is 23.3. The fraction of sp³-hybridized carbons (Fsp3) is 0.167. The number of benzene rings is 4. The number of ether oxygens (including phenoxy) is 2. The van der Waals surface area contributed by atoms with Crippen LogP contribution in [0, 0.1) is 0 Å². The lowest BCUT2D eigenvalue weighted by Gasteiger charge is -2.20. The normalized spacial score (nSPS) is 12.0. The molecule has 0 fully saturated rings. The molecule has 4 aromatic carbocycles. The van der Waals surface area contributed by atoms with Gasteiger partial charge in [0.25, 0.3) is 0 Å². The molecule has 250 valence electrons. The minimum Gasteiger partial charge on any atom is -0.744 e. The maximum atomic E-state index is 12.7. The third-order valence-corrected chi connectivity index (χ3v) is 8.72. The lowest BCUT2D eigenvalue weighted by atomic mass is 10.0. The third-order valence-electron chi connectivity index (χ3n) is 7.01. The second-order valence-corrected chi connectivity index (χ2v) is 13.3. The van der Waals surface area contributed by atoms with Gasteiger partial charge in [-0.15, -0.1) is 0 Å². The van der Waals surface area contributed by atoms with E-state index in [2.05, 4.69) is 6.92 Å². The number of allylic oxidation sites excluding steroid dienone is 4. The molecule has 0 N–H and O–H groups in total. The van der Waals surface area contributed by atoms with E-state index in [1.807, 2.05) is 12.2 Å². The van der Waals surface area contributed by atoms with E-state index in [1.54, 1.807) is 78.9 Å². The van der Waals surface area contributed by atoms with Crippen LogP contribution in [-0.2, 0) is 33.5 Å². The van der Waals surface area contributed by atoms with E-state index in [-0.39, 0.29) is 31.2 Å². The van der Waals surface area contributed by atoms with Crippen molar-refractivity contribution < 1.29 is 45.0 Å². The monoisotopic (exact) mass is 688 g/mol. The first kappa shape index (κ1) is 36.0. The largest absolute Gasteiger partial charge is 0.744 e. The van der Waals surface area contributed by atoms with E-state index in [4.69, 9.17) is 9.47 Å². The number of ketones is 2. The molecule has 0 aliphatic carbocycles. The average Bonchev–Trinajstić information content (AvgIpc) is 3.07. The molecule has 0 spiro atoms. The minimum atomic E-state index is -5.23. The quantitative estimate of drug-likeness (QED) is 0.0733. The first-order valence-electron chi connectivity index (χ1n) is 14.8. The van der Waals surface area contributed by atoms with Gasteiger partial charge in [-0.05, 0) is 17.5 Å². The van der Waals surface area contributed by atoms with E-state index >= 15 is 0 Å². The molecule has 0 atom stereocenters. The molecule has 12 heteroatoms. The minimum absolute atomic E-state index is 0.125. The molecule has 0 unspecified atom stereocenters. The van der Waals surface area contributed by atoms with Crippen molar-refractivity contribution in [1.82, 2.24) is 0 Å². The predicted molar refractivity (Wildman–Crippen MR) is 176 cm³/mol. The van der Waals surface area contributed by atoms with Crippen LogP contribution in [0.2, 0.25) is 0 Å². The smallest absolute Gasteiger partial charge is 0.193 e. The summed E-state index contributed by atoms with van der Waals surface area (Å²) in [5, 5.41) is 0. The molecule has 4 aromatic rings. The highest BCUT2D eigenvalue weighted by atomic mass is 32.2. The summed E-state index contributed by atoms with van der Waals surface area (Å²) in [7, 11) is -10.5. The summed E-state index contributed by atoms with van der Waals surface area (Å²) in [6.07, 6.45) is 9.61. The second kappa shape index (κ2) is 16.3. The highest BCUT2D eigenvalue weighted by molar-refractivity contribution is 7.86. The Balaban J connectivity index is 1.49. The maximum Gasteiger partial charge on any atom is 0.193 e. The second-order valence-electron chi connectivity index (χ2n) is 10.6. The van der Waals surface area contributed by atoms with E-state index in [0.29, 0.717) is 39.9 Å². The molecule has 4 rings (SSSR count). The van der Waals surface area contributed by atoms with Crippen LogP contribution < -0.4 is 9.47 Å². The van der Waals surface area contributed by atoms with Crippen LogP contribution in [0.15, 0.2) is 125 Å². The van der Waals surface area contributed by atoms with Crippen molar-refractivity contribution in [3.8, 4) is 11.5 Å². The standard InChI is InChI=1S/C36H34O10S2/c1-2-3-4-5-6-10-13-31(37)28-18-14-26(15-19-28)24-45-32-22-35(48(42,43)44)33(23-34(32)47(39,40)41)46-25-27-16-20-30(21-17-27)36(38)29-11-8-7-9-12-29/h4-12,14-23H,2-3,13,24-25H2,1H3,(H,39,40,41)(H,42,43,44)/p-2/b5-4-,10-6-. The van der Waals surface area contributed by atoms with E-state index in [0.717, 1.165) is 12.8 Å². The van der Waals surface area contributed by atoms with Crippen molar-refractivity contribution in [2.75, 3.05) is 0 Å². The van der Waals surface area contributed by atoms with Crippen molar-refractivity contribution in [3.63, 3.8) is 0 Å².